The van der Waals surface area contributed by atoms with Gasteiger partial charge < -0.3 is 53.0 Å². The van der Waals surface area contributed by atoms with E-state index in [2.05, 4.69) is 0 Å². The molecule has 2 aliphatic rings. The number of hydrogen-bond donors (Lipinski definition) is 0. The van der Waals surface area contributed by atoms with Crippen molar-refractivity contribution in [3.05, 3.63) is 76.9 Å². The van der Waals surface area contributed by atoms with Crippen LogP contribution >= 0.6 is 0 Å². The van der Waals surface area contributed by atoms with Gasteiger partial charge in [-0.2, -0.15) is 0 Å². The zero-order chi connectivity index (χ0) is 32.1. The van der Waals surface area contributed by atoms with Crippen molar-refractivity contribution in [1.29, 1.82) is 0 Å². The molecular weight excluding hydrogens is 634 g/mol. The Morgan fingerprint density at radius 2 is 1.57 bits per heavy atom. The van der Waals surface area contributed by atoms with Gasteiger partial charge in [0.25, 0.3) is 0 Å². The summed E-state index contributed by atoms with van der Waals surface area (Å²) in [4.78, 5) is 37.5. The molecule has 3 aromatic rings. The van der Waals surface area contributed by atoms with Crippen LogP contribution < -0.4 is 93.0 Å². The average Bonchev–Trinajstić information content (AvgIpc) is 3.64. The predicted molar refractivity (Wildman–Crippen MR) is 152 cm³/mol. The third-order valence-corrected chi connectivity index (χ3v) is 7.58. The number of carboxylic acid groups (broad SMARTS) is 2. The monoisotopic (exact) mass is 666 g/mol. The maximum atomic E-state index is 14.2. The van der Waals surface area contributed by atoms with Crippen molar-refractivity contribution < 1.29 is 117 Å². The molecule has 47 heavy (non-hydrogen) atoms. The second-order valence-corrected chi connectivity index (χ2v) is 10.3. The normalized spacial score (nSPS) is 17.7. The number of esters is 1. The molecule has 0 N–H and O–H groups in total. The predicted octanol–water partition coefficient (Wildman–Crippen LogP) is -4.10. The number of carboxylic acids is 2. The molecule has 0 spiro atoms. The topological polar surface area (TPSA) is 162 Å². The van der Waals surface area contributed by atoms with Gasteiger partial charge in [0.2, 0.25) is 13.1 Å². The number of carbonyl (C=O) groups is 3. The molecule has 1 unspecified atom stereocenters. The van der Waals surface area contributed by atoms with E-state index in [-0.39, 0.29) is 78.3 Å². The minimum Gasteiger partial charge on any atom is -0.546 e. The molecule has 14 heteroatoms. The van der Waals surface area contributed by atoms with Crippen LogP contribution in [0.25, 0.3) is 0 Å². The molecule has 0 bridgehead atoms. The van der Waals surface area contributed by atoms with E-state index in [0.717, 1.165) is 12.0 Å². The van der Waals surface area contributed by atoms with Crippen molar-refractivity contribution >= 4 is 17.9 Å². The number of rotatable bonds is 14. The van der Waals surface area contributed by atoms with Crippen LogP contribution in [0, 0.1) is 5.92 Å². The van der Waals surface area contributed by atoms with Crippen LogP contribution in [-0.2, 0) is 23.9 Å². The maximum absolute atomic E-state index is 14.2. The Kier molecular flexibility index (Phi) is 14.3. The molecular formula is C33H32Na2O12. The summed E-state index contributed by atoms with van der Waals surface area (Å²) >= 11 is 0. The molecule has 5 rings (SSSR count). The summed E-state index contributed by atoms with van der Waals surface area (Å²) in [5, 5.41) is 23.2. The molecule has 4 atom stereocenters. The molecule has 1 heterocycles. The SMILES string of the molecule is CCCOc1ccc2c(c1)[C@@H](c1ccc(OC)cc1OCC(=O)[O-])[C@H](C(=O)OC(OCC)C(=O)[O-])[C@H]2c1ccc2c(c1)OCO2.[Na+].[Na+]. The average molecular weight is 667 g/mol. The standard InChI is InChI=1S/C33H34O12.2Na/c1-4-12-41-20-8-9-21-23(14-20)29(22-10-7-19(39-3)15-25(22)42-16-27(34)35)30(32(38)45-33(31(36)37)40-5-2)28(21)18-6-11-24-26(13-18)44-17-43-24;;/h6-11,13-15,28-30,33H,4-5,12,16-17H2,1-3H3,(H,34,35)(H,36,37);;/q;2*+1/p-2/t28-,29+,30+,33?;;/m0../s1. The molecule has 0 fully saturated rings. The first kappa shape index (κ1) is 38.5. The Morgan fingerprint density at radius 3 is 2.26 bits per heavy atom. The Balaban J connectivity index is 0.00000300. The van der Waals surface area contributed by atoms with Crippen molar-refractivity contribution in [3.63, 3.8) is 0 Å². The number of fused-ring (bicyclic) bond motifs is 2. The summed E-state index contributed by atoms with van der Waals surface area (Å²) in [6, 6.07) is 15.6. The van der Waals surface area contributed by atoms with Gasteiger partial charge >= 0.3 is 65.1 Å². The zero-order valence-corrected chi connectivity index (χ0v) is 30.9. The van der Waals surface area contributed by atoms with E-state index >= 15 is 0 Å². The van der Waals surface area contributed by atoms with E-state index in [1.165, 1.54) is 13.2 Å². The Morgan fingerprint density at radius 1 is 0.851 bits per heavy atom. The molecule has 0 aromatic heterocycles. The fraction of sp³-hybridized carbons (Fsp3) is 0.364. The smallest absolute Gasteiger partial charge is 0.546 e. The van der Waals surface area contributed by atoms with Crippen LogP contribution in [0.1, 0.15) is 54.4 Å². The van der Waals surface area contributed by atoms with Gasteiger partial charge in [-0.25, -0.2) is 0 Å². The van der Waals surface area contributed by atoms with Crippen LogP contribution in [0.4, 0.5) is 0 Å². The molecule has 0 saturated heterocycles. The van der Waals surface area contributed by atoms with Gasteiger partial charge in [-0.3, -0.25) is 4.79 Å². The molecule has 0 amide bonds. The number of hydrogen-bond acceptors (Lipinski definition) is 12. The third kappa shape index (κ3) is 8.55. The quantitative estimate of drug-likeness (QED) is 0.0931. The molecule has 1 aliphatic heterocycles. The van der Waals surface area contributed by atoms with Crippen LogP contribution in [0.3, 0.4) is 0 Å². The summed E-state index contributed by atoms with van der Waals surface area (Å²) < 4.78 is 38.7. The first-order valence-electron chi connectivity index (χ1n) is 14.4. The van der Waals surface area contributed by atoms with E-state index < -0.39 is 48.6 Å². The second kappa shape index (κ2) is 17.4. The van der Waals surface area contributed by atoms with Crippen LogP contribution in [0.15, 0.2) is 54.6 Å². The summed E-state index contributed by atoms with van der Waals surface area (Å²) in [6.07, 6.45) is -1.20. The fourth-order valence-electron chi connectivity index (χ4n) is 5.77. The summed E-state index contributed by atoms with van der Waals surface area (Å²) in [7, 11) is 1.45. The number of benzene rings is 3. The fourth-order valence-corrected chi connectivity index (χ4v) is 5.77. The Labute approximate surface area is 316 Å². The van der Waals surface area contributed by atoms with Gasteiger partial charge in [-0.15, -0.1) is 0 Å². The largest absolute Gasteiger partial charge is 1.00 e. The third-order valence-electron chi connectivity index (χ3n) is 7.58. The van der Waals surface area contributed by atoms with Crippen molar-refractivity contribution in [3.8, 4) is 28.7 Å². The van der Waals surface area contributed by atoms with E-state index in [9.17, 15) is 24.6 Å². The molecule has 3 aromatic carbocycles. The number of ether oxygens (including phenoxy) is 7. The first-order chi connectivity index (χ1) is 21.7. The first-order valence-corrected chi connectivity index (χ1v) is 14.4. The van der Waals surface area contributed by atoms with E-state index in [0.29, 0.717) is 46.3 Å². The van der Waals surface area contributed by atoms with Crippen LogP contribution in [-0.4, -0.2) is 57.9 Å². The van der Waals surface area contributed by atoms with Crippen molar-refractivity contribution in [2.45, 2.75) is 38.4 Å². The van der Waals surface area contributed by atoms with Crippen molar-refractivity contribution in [2.24, 2.45) is 5.92 Å². The summed E-state index contributed by atoms with van der Waals surface area (Å²) in [5.41, 5.74) is 2.49. The zero-order valence-electron chi connectivity index (χ0n) is 26.9. The van der Waals surface area contributed by atoms with E-state index in [1.54, 1.807) is 43.3 Å². The molecule has 12 nitrogen and oxygen atoms in total. The van der Waals surface area contributed by atoms with Gasteiger partial charge in [0.05, 0.1) is 25.6 Å². The van der Waals surface area contributed by atoms with Gasteiger partial charge in [0, 0.05) is 30.1 Å². The van der Waals surface area contributed by atoms with Gasteiger partial charge in [0.15, 0.2) is 11.5 Å². The second-order valence-electron chi connectivity index (χ2n) is 10.3. The van der Waals surface area contributed by atoms with Gasteiger partial charge in [0.1, 0.15) is 29.8 Å². The molecule has 238 valence electrons. The molecule has 0 radical (unpaired) electrons. The van der Waals surface area contributed by atoms with Gasteiger partial charge in [-0.05, 0) is 60.4 Å². The summed E-state index contributed by atoms with van der Waals surface area (Å²) in [5.74, 6) is -4.59. The Bertz CT molecular complexity index is 1580. The number of methoxy groups -OCH3 is 1. The molecule has 1 aliphatic carbocycles. The Hall–Kier alpha value is -2.97. The minimum absolute atomic E-state index is 0. The molecule has 0 saturated carbocycles. The maximum Gasteiger partial charge on any atom is 1.00 e. The van der Waals surface area contributed by atoms with Gasteiger partial charge in [-0.1, -0.05) is 25.1 Å². The minimum atomic E-state index is -1.96. The van der Waals surface area contributed by atoms with Crippen molar-refractivity contribution in [1.82, 2.24) is 0 Å². The van der Waals surface area contributed by atoms with E-state index in [4.69, 9.17) is 33.2 Å². The summed E-state index contributed by atoms with van der Waals surface area (Å²) in [6.45, 7) is 3.20. The number of carbonyl (C=O) groups excluding carboxylic acids is 3. The van der Waals surface area contributed by atoms with Crippen LogP contribution in [0.2, 0.25) is 0 Å². The van der Waals surface area contributed by atoms with E-state index in [1.807, 2.05) is 19.1 Å². The van der Waals surface area contributed by atoms with Crippen molar-refractivity contribution in [2.75, 3.05) is 33.7 Å². The van der Waals surface area contributed by atoms with Crippen LogP contribution in [0.5, 0.6) is 28.7 Å². The number of aliphatic carboxylic acids is 2.